The van der Waals surface area contributed by atoms with Crippen LogP contribution in [0.3, 0.4) is 0 Å². The molecular formula is C11H20O4. The van der Waals surface area contributed by atoms with Crippen molar-refractivity contribution in [2.75, 3.05) is 0 Å². The Kier molecular flexibility index (Phi) is 5.97. The molecule has 0 bridgehead atoms. The third kappa shape index (κ3) is 4.81. The number of hydrogen-bond acceptors (Lipinski definition) is 2. The highest BCUT2D eigenvalue weighted by molar-refractivity contribution is 5.79. The van der Waals surface area contributed by atoms with Crippen LogP contribution in [-0.4, -0.2) is 22.2 Å². The average Bonchev–Trinajstić information content (AvgIpc) is 2.10. The van der Waals surface area contributed by atoms with E-state index >= 15 is 0 Å². The lowest BCUT2D eigenvalue weighted by Gasteiger charge is -2.19. The molecule has 0 rings (SSSR count). The van der Waals surface area contributed by atoms with Crippen molar-refractivity contribution in [1.29, 1.82) is 0 Å². The summed E-state index contributed by atoms with van der Waals surface area (Å²) in [6, 6.07) is 0. The molecular weight excluding hydrogens is 196 g/mol. The van der Waals surface area contributed by atoms with E-state index in [1.54, 1.807) is 6.92 Å². The average molecular weight is 216 g/mol. The Bertz CT molecular complexity index is 223. The van der Waals surface area contributed by atoms with Crippen LogP contribution >= 0.6 is 0 Å². The summed E-state index contributed by atoms with van der Waals surface area (Å²) in [6.07, 6.45) is 1.56. The summed E-state index contributed by atoms with van der Waals surface area (Å²) in [5.74, 6) is -3.12. The zero-order chi connectivity index (χ0) is 12.0. The van der Waals surface area contributed by atoms with Crippen molar-refractivity contribution >= 4 is 11.9 Å². The number of hydrogen-bond donors (Lipinski definition) is 2. The molecule has 4 heteroatoms. The summed E-state index contributed by atoms with van der Waals surface area (Å²) in [4.78, 5) is 21.8. The van der Waals surface area contributed by atoms with E-state index in [1.165, 1.54) is 0 Å². The van der Waals surface area contributed by atoms with Crippen molar-refractivity contribution in [3.8, 4) is 0 Å². The predicted octanol–water partition coefficient (Wildman–Crippen LogP) is 2.23. The van der Waals surface area contributed by atoms with Gasteiger partial charge in [-0.2, -0.15) is 0 Å². The molecule has 88 valence electrons. The molecule has 0 aliphatic carbocycles. The molecule has 0 amide bonds. The van der Waals surface area contributed by atoms with Crippen LogP contribution in [0.1, 0.15) is 40.0 Å². The van der Waals surface area contributed by atoms with Crippen LogP contribution in [-0.2, 0) is 9.59 Å². The molecule has 2 N–H and O–H groups in total. The zero-order valence-electron chi connectivity index (χ0n) is 9.56. The smallest absolute Gasteiger partial charge is 0.307 e. The van der Waals surface area contributed by atoms with E-state index in [4.69, 9.17) is 10.2 Å². The Labute approximate surface area is 90.3 Å². The summed E-state index contributed by atoms with van der Waals surface area (Å²) in [7, 11) is 0. The summed E-state index contributed by atoms with van der Waals surface area (Å²) in [5, 5.41) is 17.9. The van der Waals surface area contributed by atoms with Crippen LogP contribution in [0, 0.1) is 17.8 Å². The van der Waals surface area contributed by atoms with Gasteiger partial charge in [-0.1, -0.05) is 27.2 Å². The number of carbonyl (C=O) groups is 2. The minimum Gasteiger partial charge on any atom is -0.481 e. The third-order valence-electron chi connectivity index (χ3n) is 2.61. The first-order valence-electron chi connectivity index (χ1n) is 5.35. The van der Waals surface area contributed by atoms with Crippen molar-refractivity contribution in [3.63, 3.8) is 0 Å². The van der Waals surface area contributed by atoms with Gasteiger partial charge in [0.2, 0.25) is 0 Å². The van der Waals surface area contributed by atoms with E-state index in [0.717, 1.165) is 6.42 Å². The molecule has 2 unspecified atom stereocenters. The van der Waals surface area contributed by atoms with Gasteiger partial charge in [-0.3, -0.25) is 9.59 Å². The quantitative estimate of drug-likeness (QED) is 0.684. The molecule has 0 heterocycles. The highest BCUT2D eigenvalue weighted by Crippen LogP contribution is 2.23. The lowest BCUT2D eigenvalue weighted by atomic mass is 9.85. The van der Waals surface area contributed by atoms with Gasteiger partial charge in [0.15, 0.2) is 0 Å². The highest BCUT2D eigenvalue weighted by Gasteiger charge is 2.31. The summed E-state index contributed by atoms with van der Waals surface area (Å²) in [6.45, 7) is 5.71. The maximum absolute atomic E-state index is 11.0. The van der Waals surface area contributed by atoms with Crippen LogP contribution < -0.4 is 0 Å². The molecule has 0 aromatic heterocycles. The number of carboxylic acids is 2. The van der Waals surface area contributed by atoms with E-state index in [-0.39, 0.29) is 0 Å². The van der Waals surface area contributed by atoms with Crippen LogP contribution in [0.15, 0.2) is 0 Å². The lowest BCUT2D eigenvalue weighted by molar-refractivity contribution is -0.154. The first-order chi connectivity index (χ1) is 6.90. The molecule has 0 fully saturated rings. The third-order valence-corrected chi connectivity index (χ3v) is 2.61. The van der Waals surface area contributed by atoms with Crippen molar-refractivity contribution in [1.82, 2.24) is 0 Å². The van der Waals surface area contributed by atoms with Crippen LogP contribution in [0.2, 0.25) is 0 Å². The first-order valence-corrected chi connectivity index (χ1v) is 5.35. The minimum absolute atomic E-state index is 0.365. The molecule has 0 aromatic carbocycles. The van der Waals surface area contributed by atoms with Gasteiger partial charge in [-0.15, -0.1) is 0 Å². The van der Waals surface area contributed by atoms with Gasteiger partial charge in [-0.25, -0.2) is 0 Å². The maximum Gasteiger partial charge on any atom is 0.307 e. The fourth-order valence-electron chi connectivity index (χ4n) is 1.64. The van der Waals surface area contributed by atoms with E-state index in [1.807, 2.05) is 13.8 Å². The topological polar surface area (TPSA) is 74.6 Å². The van der Waals surface area contributed by atoms with E-state index in [2.05, 4.69) is 0 Å². The summed E-state index contributed by atoms with van der Waals surface area (Å²) >= 11 is 0. The van der Waals surface area contributed by atoms with Crippen LogP contribution in [0.25, 0.3) is 0 Å². The molecule has 0 saturated heterocycles. The van der Waals surface area contributed by atoms with Gasteiger partial charge in [0.25, 0.3) is 0 Å². The van der Waals surface area contributed by atoms with E-state index < -0.39 is 23.8 Å². The standard InChI is InChI=1S/C11H20O4/c1-4-8(10(12)13)9(11(14)15)6-5-7(2)3/h7-9H,4-6H2,1-3H3,(H,12,13)(H,14,15). The Morgan fingerprint density at radius 3 is 1.73 bits per heavy atom. The van der Waals surface area contributed by atoms with Crippen molar-refractivity contribution < 1.29 is 19.8 Å². The molecule has 0 aliphatic heterocycles. The second-order valence-corrected chi connectivity index (χ2v) is 4.27. The fourth-order valence-corrected chi connectivity index (χ4v) is 1.64. The van der Waals surface area contributed by atoms with Gasteiger partial charge in [-0.05, 0) is 18.8 Å². The predicted molar refractivity (Wildman–Crippen MR) is 56.6 cm³/mol. The summed E-state index contributed by atoms with van der Waals surface area (Å²) < 4.78 is 0. The van der Waals surface area contributed by atoms with Gasteiger partial charge in [0.05, 0.1) is 11.8 Å². The first kappa shape index (κ1) is 13.9. The molecule has 15 heavy (non-hydrogen) atoms. The zero-order valence-corrected chi connectivity index (χ0v) is 9.56. The number of carboxylic acid groups (broad SMARTS) is 2. The Morgan fingerprint density at radius 1 is 1.00 bits per heavy atom. The molecule has 0 saturated carbocycles. The largest absolute Gasteiger partial charge is 0.481 e. The van der Waals surface area contributed by atoms with E-state index in [0.29, 0.717) is 18.8 Å². The van der Waals surface area contributed by atoms with Crippen molar-refractivity contribution in [2.24, 2.45) is 17.8 Å². The SMILES string of the molecule is CCC(C(=O)O)C(CCC(C)C)C(=O)O. The summed E-state index contributed by atoms with van der Waals surface area (Å²) in [5.41, 5.74) is 0. The minimum atomic E-state index is -1.01. The fraction of sp³-hybridized carbons (Fsp3) is 0.818. The number of rotatable bonds is 7. The van der Waals surface area contributed by atoms with Gasteiger partial charge >= 0.3 is 11.9 Å². The molecule has 4 nitrogen and oxygen atoms in total. The molecule has 0 radical (unpaired) electrons. The molecule has 0 spiro atoms. The number of aliphatic carboxylic acids is 2. The van der Waals surface area contributed by atoms with Gasteiger partial charge in [0, 0.05) is 0 Å². The van der Waals surface area contributed by atoms with Gasteiger partial charge < -0.3 is 10.2 Å². The normalized spacial score (nSPS) is 14.9. The van der Waals surface area contributed by atoms with Gasteiger partial charge in [0.1, 0.15) is 0 Å². The highest BCUT2D eigenvalue weighted by atomic mass is 16.4. The molecule has 0 aliphatic rings. The Morgan fingerprint density at radius 2 is 1.47 bits per heavy atom. The van der Waals surface area contributed by atoms with Crippen molar-refractivity contribution in [2.45, 2.75) is 40.0 Å². The second kappa shape index (κ2) is 6.43. The van der Waals surface area contributed by atoms with Crippen LogP contribution in [0.5, 0.6) is 0 Å². The maximum atomic E-state index is 11.0. The lowest BCUT2D eigenvalue weighted by Crippen LogP contribution is -2.29. The second-order valence-electron chi connectivity index (χ2n) is 4.27. The Balaban J connectivity index is 4.49. The molecule has 0 aromatic rings. The Hall–Kier alpha value is -1.06. The monoisotopic (exact) mass is 216 g/mol. The van der Waals surface area contributed by atoms with Crippen molar-refractivity contribution in [3.05, 3.63) is 0 Å². The van der Waals surface area contributed by atoms with E-state index in [9.17, 15) is 9.59 Å². The molecule has 2 atom stereocenters. The van der Waals surface area contributed by atoms with Crippen LogP contribution in [0.4, 0.5) is 0 Å².